The molecule has 0 heterocycles. The molecule has 0 aliphatic heterocycles. The summed E-state index contributed by atoms with van der Waals surface area (Å²) in [4.78, 5) is 10.4. The van der Waals surface area contributed by atoms with Crippen molar-refractivity contribution in [3.63, 3.8) is 0 Å². The molecule has 1 unspecified atom stereocenters. The van der Waals surface area contributed by atoms with Gasteiger partial charge in [-0.05, 0) is 61.9 Å². The predicted octanol–water partition coefficient (Wildman–Crippen LogP) is 3.12. The number of carboxylic acids is 1. The number of rotatable bonds is 6. The molecule has 0 saturated heterocycles. The smallest absolute Gasteiger partial charge is 0.303 e. The normalized spacial score (nSPS) is 12.4. The maximum Gasteiger partial charge on any atom is 0.303 e. The Kier molecular flexibility index (Phi) is 5.28. The van der Waals surface area contributed by atoms with Crippen LogP contribution >= 0.6 is 0 Å². The summed E-state index contributed by atoms with van der Waals surface area (Å²) in [6.07, 6.45) is 1.16. The molecule has 0 saturated carbocycles. The van der Waals surface area contributed by atoms with E-state index in [0.29, 0.717) is 19.3 Å². The first kappa shape index (κ1) is 14.6. The van der Waals surface area contributed by atoms with E-state index in [1.165, 1.54) is 12.1 Å². The number of aliphatic carboxylic acids is 1. The van der Waals surface area contributed by atoms with E-state index in [-0.39, 0.29) is 12.2 Å². The summed E-state index contributed by atoms with van der Waals surface area (Å²) in [5, 5.41) is 18.6. The van der Waals surface area contributed by atoms with E-state index in [9.17, 15) is 14.3 Å². The lowest BCUT2D eigenvalue weighted by Crippen LogP contribution is -2.04. The Labute approximate surface area is 106 Å². The highest BCUT2D eigenvalue weighted by molar-refractivity contribution is 5.66. The number of hydrogen-bond donors (Lipinski definition) is 2. The largest absolute Gasteiger partial charge is 0.481 e. The summed E-state index contributed by atoms with van der Waals surface area (Å²) >= 11 is 0. The summed E-state index contributed by atoms with van der Waals surface area (Å²) in [5.74, 6) is -1.12. The molecule has 1 aromatic rings. The third-order valence-corrected chi connectivity index (χ3v) is 3.01. The third-order valence-electron chi connectivity index (χ3n) is 3.01. The zero-order valence-electron chi connectivity index (χ0n) is 10.7. The van der Waals surface area contributed by atoms with Crippen LogP contribution in [0.4, 0.5) is 4.39 Å². The van der Waals surface area contributed by atoms with E-state index in [4.69, 9.17) is 5.11 Å². The average Bonchev–Trinajstić information content (AvgIpc) is 2.22. The van der Waals surface area contributed by atoms with E-state index in [0.717, 1.165) is 16.7 Å². The van der Waals surface area contributed by atoms with Crippen LogP contribution in [0.5, 0.6) is 0 Å². The van der Waals surface area contributed by atoms with E-state index < -0.39 is 12.1 Å². The van der Waals surface area contributed by atoms with Gasteiger partial charge in [0.15, 0.2) is 0 Å². The molecule has 18 heavy (non-hydrogen) atoms. The van der Waals surface area contributed by atoms with Crippen LogP contribution in [0, 0.1) is 19.7 Å². The molecule has 100 valence electrons. The molecule has 1 aromatic carbocycles. The van der Waals surface area contributed by atoms with E-state index >= 15 is 0 Å². The van der Waals surface area contributed by atoms with Crippen LogP contribution in [0.25, 0.3) is 0 Å². The van der Waals surface area contributed by atoms with Gasteiger partial charge in [0.1, 0.15) is 5.82 Å². The van der Waals surface area contributed by atoms with Gasteiger partial charge in [0, 0.05) is 6.42 Å². The van der Waals surface area contributed by atoms with Crippen molar-refractivity contribution in [3.8, 4) is 0 Å². The Hall–Kier alpha value is -1.42. The number of carbonyl (C=O) groups is 1. The fraction of sp³-hybridized carbons (Fsp3) is 0.500. The Balaban J connectivity index is 2.61. The molecule has 1 rings (SSSR count). The van der Waals surface area contributed by atoms with Gasteiger partial charge >= 0.3 is 5.97 Å². The highest BCUT2D eigenvalue weighted by Crippen LogP contribution is 2.27. The van der Waals surface area contributed by atoms with Gasteiger partial charge in [0.2, 0.25) is 0 Å². The molecular weight excluding hydrogens is 235 g/mol. The van der Waals surface area contributed by atoms with Crippen LogP contribution in [0.15, 0.2) is 12.1 Å². The van der Waals surface area contributed by atoms with Crippen LogP contribution in [0.2, 0.25) is 0 Å². The topological polar surface area (TPSA) is 57.5 Å². The number of aryl methyl sites for hydroxylation is 2. The Bertz CT molecular complexity index is 406. The minimum Gasteiger partial charge on any atom is -0.481 e. The lowest BCUT2D eigenvalue weighted by molar-refractivity contribution is -0.137. The molecule has 0 amide bonds. The zero-order valence-corrected chi connectivity index (χ0v) is 10.7. The van der Waals surface area contributed by atoms with Gasteiger partial charge in [-0.25, -0.2) is 4.39 Å². The summed E-state index contributed by atoms with van der Waals surface area (Å²) in [6, 6.07) is 2.81. The minimum atomic E-state index is -0.821. The van der Waals surface area contributed by atoms with Crippen LogP contribution in [-0.2, 0) is 4.79 Å². The van der Waals surface area contributed by atoms with Crippen molar-refractivity contribution in [1.82, 2.24) is 0 Å². The lowest BCUT2D eigenvalue weighted by Gasteiger charge is -2.16. The Morgan fingerprint density at radius 3 is 2.33 bits per heavy atom. The molecule has 0 radical (unpaired) electrons. The van der Waals surface area contributed by atoms with Gasteiger partial charge in [-0.3, -0.25) is 4.79 Å². The van der Waals surface area contributed by atoms with Gasteiger partial charge in [-0.15, -0.1) is 0 Å². The fourth-order valence-electron chi connectivity index (χ4n) is 2.21. The summed E-state index contributed by atoms with van der Waals surface area (Å²) < 4.78 is 13.1. The highest BCUT2D eigenvalue weighted by Gasteiger charge is 2.14. The monoisotopic (exact) mass is 254 g/mol. The van der Waals surface area contributed by atoms with Gasteiger partial charge in [0.05, 0.1) is 6.10 Å². The van der Waals surface area contributed by atoms with Crippen molar-refractivity contribution in [2.45, 2.75) is 45.6 Å². The molecular formula is C14H19FO3. The maximum atomic E-state index is 13.1. The molecule has 2 N–H and O–H groups in total. The molecule has 0 bridgehead atoms. The lowest BCUT2D eigenvalue weighted by atomic mass is 9.94. The van der Waals surface area contributed by atoms with Gasteiger partial charge in [0.25, 0.3) is 0 Å². The Morgan fingerprint density at radius 1 is 1.28 bits per heavy atom. The summed E-state index contributed by atoms with van der Waals surface area (Å²) in [7, 11) is 0. The summed E-state index contributed by atoms with van der Waals surface area (Å²) in [5.41, 5.74) is 2.23. The fourth-order valence-corrected chi connectivity index (χ4v) is 2.21. The second kappa shape index (κ2) is 6.50. The van der Waals surface area contributed by atoms with Crippen LogP contribution in [0.1, 0.15) is 48.5 Å². The van der Waals surface area contributed by atoms with Crippen molar-refractivity contribution in [3.05, 3.63) is 34.6 Å². The molecule has 0 aliphatic rings. The van der Waals surface area contributed by atoms with Gasteiger partial charge in [-0.1, -0.05) is 0 Å². The van der Waals surface area contributed by atoms with Crippen LogP contribution in [-0.4, -0.2) is 16.2 Å². The second-order valence-electron chi connectivity index (χ2n) is 4.61. The van der Waals surface area contributed by atoms with Crippen LogP contribution < -0.4 is 0 Å². The van der Waals surface area contributed by atoms with Crippen molar-refractivity contribution in [2.24, 2.45) is 0 Å². The molecule has 0 aromatic heterocycles. The number of aliphatic hydroxyl groups is 1. The first-order valence-corrected chi connectivity index (χ1v) is 6.08. The van der Waals surface area contributed by atoms with Gasteiger partial charge in [-0.2, -0.15) is 0 Å². The molecule has 3 nitrogen and oxygen atoms in total. The number of halogens is 1. The van der Waals surface area contributed by atoms with Crippen LogP contribution in [0.3, 0.4) is 0 Å². The summed E-state index contributed by atoms with van der Waals surface area (Å²) in [6.45, 7) is 3.54. The predicted molar refractivity (Wildman–Crippen MR) is 66.9 cm³/mol. The first-order valence-electron chi connectivity index (χ1n) is 6.08. The number of unbranched alkanes of at least 4 members (excludes halogenated alkanes) is 1. The second-order valence-corrected chi connectivity index (χ2v) is 4.61. The average molecular weight is 254 g/mol. The quantitative estimate of drug-likeness (QED) is 0.767. The number of aliphatic hydroxyl groups excluding tert-OH is 1. The Morgan fingerprint density at radius 2 is 1.83 bits per heavy atom. The molecule has 1 atom stereocenters. The number of hydrogen-bond acceptors (Lipinski definition) is 2. The van der Waals surface area contributed by atoms with Gasteiger partial charge < -0.3 is 10.2 Å². The number of carboxylic acid groups (broad SMARTS) is 1. The minimum absolute atomic E-state index is 0.119. The molecule has 0 aliphatic carbocycles. The molecule has 4 heteroatoms. The van der Waals surface area contributed by atoms with Crippen molar-refractivity contribution in [2.75, 3.05) is 0 Å². The van der Waals surface area contributed by atoms with E-state index in [2.05, 4.69) is 0 Å². The van der Waals surface area contributed by atoms with Crippen molar-refractivity contribution >= 4 is 5.97 Å². The van der Waals surface area contributed by atoms with E-state index in [1.54, 1.807) is 13.8 Å². The molecule has 0 spiro atoms. The first-order chi connectivity index (χ1) is 8.41. The SMILES string of the molecule is Cc1cc(F)cc(C)c1C(O)CCCCC(=O)O. The zero-order chi connectivity index (χ0) is 13.7. The van der Waals surface area contributed by atoms with Crippen molar-refractivity contribution < 1.29 is 19.4 Å². The third kappa shape index (κ3) is 4.11. The standard InChI is InChI=1S/C14H19FO3/c1-9-7-11(15)8-10(2)14(9)12(16)5-3-4-6-13(17)18/h7-8,12,16H,3-6H2,1-2H3,(H,17,18). The molecule has 0 fully saturated rings. The number of benzene rings is 1. The van der Waals surface area contributed by atoms with E-state index in [1.807, 2.05) is 0 Å². The maximum absolute atomic E-state index is 13.1. The van der Waals surface area contributed by atoms with Crippen molar-refractivity contribution in [1.29, 1.82) is 0 Å². The highest BCUT2D eigenvalue weighted by atomic mass is 19.1.